The normalized spacial score (nSPS) is 12.4. The molecule has 1 aromatic heterocycles. The monoisotopic (exact) mass is 377 g/mol. The van der Waals surface area contributed by atoms with Gasteiger partial charge >= 0.3 is 0 Å². The van der Waals surface area contributed by atoms with E-state index in [4.69, 9.17) is 23.2 Å². The van der Waals surface area contributed by atoms with Crippen LogP contribution in [-0.2, 0) is 6.54 Å². The Balaban J connectivity index is 1.74. The maximum absolute atomic E-state index is 13.7. The largest absolute Gasteiger partial charge is 0.306 e. The lowest BCUT2D eigenvalue weighted by Gasteiger charge is -2.16. The molecule has 0 aliphatic carbocycles. The Morgan fingerprint density at radius 1 is 1.16 bits per heavy atom. The number of benzene rings is 2. The molecular weight excluding hydrogens is 360 g/mol. The van der Waals surface area contributed by atoms with Crippen LogP contribution in [0, 0.1) is 12.7 Å². The SMILES string of the molecule is Cc1nn(-c2ccccc2)cc1CNC(C)c1cc(F)c(Cl)cc1Cl. The van der Waals surface area contributed by atoms with Crippen molar-refractivity contribution in [3.05, 3.63) is 81.3 Å². The number of hydrogen-bond donors (Lipinski definition) is 1. The van der Waals surface area contributed by atoms with Gasteiger partial charge in [-0.05, 0) is 43.7 Å². The average molecular weight is 378 g/mol. The highest BCUT2D eigenvalue weighted by Gasteiger charge is 2.14. The first kappa shape index (κ1) is 17.9. The van der Waals surface area contributed by atoms with Crippen molar-refractivity contribution >= 4 is 23.2 Å². The smallest absolute Gasteiger partial charge is 0.142 e. The molecule has 1 N–H and O–H groups in total. The second-order valence-electron chi connectivity index (χ2n) is 5.91. The first-order valence-electron chi connectivity index (χ1n) is 7.94. The molecule has 0 radical (unpaired) electrons. The summed E-state index contributed by atoms with van der Waals surface area (Å²) in [4.78, 5) is 0. The second-order valence-corrected chi connectivity index (χ2v) is 6.72. The van der Waals surface area contributed by atoms with Gasteiger partial charge in [0.05, 0.1) is 16.4 Å². The Morgan fingerprint density at radius 3 is 2.60 bits per heavy atom. The van der Waals surface area contributed by atoms with E-state index in [2.05, 4.69) is 10.4 Å². The third-order valence-electron chi connectivity index (χ3n) is 4.13. The fourth-order valence-corrected chi connectivity index (χ4v) is 3.17. The molecule has 6 heteroatoms. The van der Waals surface area contributed by atoms with Crippen molar-refractivity contribution in [1.82, 2.24) is 15.1 Å². The van der Waals surface area contributed by atoms with Crippen molar-refractivity contribution in [1.29, 1.82) is 0 Å². The van der Waals surface area contributed by atoms with Crippen LogP contribution in [0.5, 0.6) is 0 Å². The zero-order chi connectivity index (χ0) is 18.0. The maximum atomic E-state index is 13.7. The molecular formula is C19H18Cl2FN3. The van der Waals surface area contributed by atoms with Gasteiger partial charge in [0, 0.05) is 29.4 Å². The summed E-state index contributed by atoms with van der Waals surface area (Å²) in [5, 5.41) is 8.38. The summed E-state index contributed by atoms with van der Waals surface area (Å²) in [6, 6.07) is 12.6. The molecule has 0 saturated carbocycles. The predicted octanol–water partition coefficient (Wildman–Crippen LogP) is 5.48. The van der Waals surface area contributed by atoms with Gasteiger partial charge in [0.1, 0.15) is 5.82 Å². The number of aromatic nitrogens is 2. The number of hydrogen-bond acceptors (Lipinski definition) is 2. The van der Waals surface area contributed by atoms with Gasteiger partial charge in [-0.1, -0.05) is 41.4 Å². The summed E-state index contributed by atoms with van der Waals surface area (Å²) in [5.74, 6) is -0.470. The van der Waals surface area contributed by atoms with Crippen molar-refractivity contribution in [2.24, 2.45) is 0 Å². The Morgan fingerprint density at radius 2 is 1.88 bits per heavy atom. The van der Waals surface area contributed by atoms with Gasteiger partial charge in [-0.25, -0.2) is 9.07 Å². The minimum absolute atomic E-state index is 0.0286. The molecule has 1 atom stereocenters. The molecule has 0 saturated heterocycles. The third kappa shape index (κ3) is 4.03. The topological polar surface area (TPSA) is 29.9 Å². The minimum atomic E-state index is -0.470. The van der Waals surface area contributed by atoms with Gasteiger partial charge in [-0.15, -0.1) is 0 Å². The summed E-state index contributed by atoms with van der Waals surface area (Å²) in [6.45, 7) is 4.50. The molecule has 0 fully saturated rings. The summed E-state index contributed by atoms with van der Waals surface area (Å²) in [5.41, 5.74) is 3.70. The van der Waals surface area contributed by atoms with Crippen LogP contribution in [0.25, 0.3) is 5.69 Å². The van der Waals surface area contributed by atoms with Gasteiger partial charge < -0.3 is 5.32 Å². The van der Waals surface area contributed by atoms with Crippen molar-refractivity contribution in [3.8, 4) is 5.69 Å². The number of halogens is 3. The Bertz CT molecular complexity index is 878. The van der Waals surface area contributed by atoms with E-state index in [1.165, 1.54) is 12.1 Å². The molecule has 3 rings (SSSR count). The third-order valence-corrected chi connectivity index (χ3v) is 4.74. The number of nitrogens with zero attached hydrogens (tertiary/aromatic N) is 2. The van der Waals surface area contributed by atoms with Crippen molar-refractivity contribution < 1.29 is 4.39 Å². The summed E-state index contributed by atoms with van der Waals surface area (Å²) < 4.78 is 15.6. The van der Waals surface area contributed by atoms with Gasteiger partial charge in [-0.3, -0.25) is 0 Å². The van der Waals surface area contributed by atoms with Gasteiger partial charge in [0.2, 0.25) is 0 Å². The molecule has 0 aliphatic heterocycles. The van der Waals surface area contributed by atoms with E-state index < -0.39 is 5.82 Å². The molecule has 25 heavy (non-hydrogen) atoms. The molecule has 3 aromatic rings. The summed E-state index contributed by atoms with van der Waals surface area (Å²) in [6.07, 6.45) is 1.99. The first-order chi connectivity index (χ1) is 12.0. The highest BCUT2D eigenvalue weighted by molar-refractivity contribution is 6.35. The molecule has 1 unspecified atom stereocenters. The number of rotatable bonds is 5. The Labute approximate surface area is 156 Å². The quantitative estimate of drug-likeness (QED) is 0.596. The van der Waals surface area contributed by atoms with Crippen LogP contribution in [0.3, 0.4) is 0 Å². The van der Waals surface area contributed by atoms with Crippen LogP contribution < -0.4 is 5.32 Å². The molecule has 0 spiro atoms. The van der Waals surface area contributed by atoms with Crippen molar-refractivity contribution in [3.63, 3.8) is 0 Å². The van der Waals surface area contributed by atoms with E-state index >= 15 is 0 Å². The highest BCUT2D eigenvalue weighted by Crippen LogP contribution is 2.28. The van der Waals surface area contributed by atoms with Gasteiger partial charge in [0.25, 0.3) is 0 Å². The first-order valence-corrected chi connectivity index (χ1v) is 8.69. The molecule has 130 valence electrons. The number of aryl methyl sites for hydroxylation is 1. The van der Waals surface area contributed by atoms with Crippen LogP contribution >= 0.6 is 23.2 Å². The van der Waals surface area contributed by atoms with Crippen LogP contribution in [0.15, 0.2) is 48.7 Å². The van der Waals surface area contributed by atoms with Crippen LogP contribution in [0.2, 0.25) is 10.0 Å². The Kier molecular flexibility index (Phi) is 5.42. The average Bonchev–Trinajstić information content (AvgIpc) is 2.97. The summed E-state index contributed by atoms with van der Waals surface area (Å²) in [7, 11) is 0. The molecule has 1 heterocycles. The van der Waals surface area contributed by atoms with Gasteiger partial charge in [0.15, 0.2) is 0 Å². The van der Waals surface area contributed by atoms with E-state index in [0.717, 1.165) is 16.9 Å². The van der Waals surface area contributed by atoms with E-state index in [9.17, 15) is 4.39 Å². The van der Waals surface area contributed by atoms with E-state index in [0.29, 0.717) is 17.1 Å². The second kappa shape index (κ2) is 7.56. The molecule has 2 aromatic carbocycles. The lowest BCUT2D eigenvalue weighted by molar-refractivity contribution is 0.564. The zero-order valence-corrected chi connectivity index (χ0v) is 15.4. The molecule has 3 nitrogen and oxygen atoms in total. The lowest BCUT2D eigenvalue weighted by Crippen LogP contribution is -2.18. The Hall–Kier alpha value is -1.88. The van der Waals surface area contributed by atoms with E-state index in [1.807, 2.05) is 55.1 Å². The van der Waals surface area contributed by atoms with E-state index in [1.54, 1.807) is 0 Å². The van der Waals surface area contributed by atoms with Crippen LogP contribution in [-0.4, -0.2) is 9.78 Å². The molecule has 0 bridgehead atoms. The number of para-hydroxylation sites is 1. The van der Waals surface area contributed by atoms with Crippen molar-refractivity contribution in [2.45, 2.75) is 26.4 Å². The number of nitrogens with one attached hydrogen (secondary N) is 1. The van der Waals surface area contributed by atoms with Crippen LogP contribution in [0.1, 0.15) is 29.8 Å². The predicted molar refractivity (Wildman–Crippen MR) is 100.0 cm³/mol. The zero-order valence-electron chi connectivity index (χ0n) is 13.9. The van der Waals surface area contributed by atoms with Gasteiger partial charge in [-0.2, -0.15) is 5.10 Å². The highest BCUT2D eigenvalue weighted by atomic mass is 35.5. The van der Waals surface area contributed by atoms with Crippen molar-refractivity contribution in [2.75, 3.05) is 0 Å². The lowest BCUT2D eigenvalue weighted by atomic mass is 10.1. The van der Waals surface area contributed by atoms with E-state index in [-0.39, 0.29) is 11.1 Å². The standard InChI is InChI=1S/C19H18Cl2FN3/c1-12-14(11-25(24-12)15-6-4-3-5-7-15)10-23-13(2)16-8-19(22)18(21)9-17(16)20/h3-9,11,13,23H,10H2,1-2H3. The maximum Gasteiger partial charge on any atom is 0.142 e. The van der Waals surface area contributed by atoms with Crippen LogP contribution in [0.4, 0.5) is 4.39 Å². The fraction of sp³-hybridized carbons (Fsp3) is 0.211. The minimum Gasteiger partial charge on any atom is -0.306 e. The molecule has 0 amide bonds. The molecule has 0 aliphatic rings. The summed E-state index contributed by atoms with van der Waals surface area (Å²) >= 11 is 11.9. The fourth-order valence-electron chi connectivity index (χ4n) is 2.63.